The van der Waals surface area contributed by atoms with E-state index in [2.05, 4.69) is 5.32 Å². The lowest BCUT2D eigenvalue weighted by Crippen LogP contribution is -3.12. The number of hydrogen-bond donors (Lipinski definition) is 2. The first kappa shape index (κ1) is 16.7. The number of rotatable bonds is 6. The first-order valence-electron chi connectivity index (χ1n) is 7.30. The van der Waals surface area contributed by atoms with E-state index in [4.69, 9.17) is 4.42 Å². The predicted molar refractivity (Wildman–Crippen MR) is 85.2 cm³/mol. The van der Waals surface area contributed by atoms with E-state index in [0.29, 0.717) is 6.54 Å². The second-order valence-electron chi connectivity index (χ2n) is 5.52. The monoisotopic (exact) mass is 318 g/mol. The van der Waals surface area contributed by atoms with Crippen LogP contribution in [0.3, 0.4) is 0 Å². The second kappa shape index (κ2) is 7.06. The van der Waals surface area contributed by atoms with Crippen LogP contribution in [-0.4, -0.2) is 23.9 Å². The Morgan fingerprint density at radius 2 is 2.04 bits per heavy atom. The van der Waals surface area contributed by atoms with Crippen LogP contribution in [-0.2, 0) is 11.3 Å². The number of nitrogens with zero attached hydrogens (tertiary/aromatic N) is 1. The first-order chi connectivity index (χ1) is 10.9. The molecule has 2 atom stereocenters. The molecule has 0 aliphatic carbocycles. The van der Waals surface area contributed by atoms with E-state index in [1.807, 2.05) is 26.1 Å². The zero-order valence-electron chi connectivity index (χ0n) is 13.3. The van der Waals surface area contributed by atoms with Gasteiger partial charge in [0.2, 0.25) is 0 Å². The van der Waals surface area contributed by atoms with E-state index in [-0.39, 0.29) is 23.3 Å². The number of carbonyl (C=O) groups is 1. The number of anilines is 1. The molecular formula is C16H20N3O4+. The molecule has 7 nitrogen and oxygen atoms in total. The quantitative estimate of drug-likeness (QED) is 0.624. The fourth-order valence-electron chi connectivity index (χ4n) is 2.21. The number of furan rings is 1. The molecule has 0 spiro atoms. The molecule has 0 bridgehead atoms. The summed E-state index contributed by atoms with van der Waals surface area (Å²) in [5.41, 5.74) is 0.0864. The Hall–Kier alpha value is -2.67. The fraction of sp³-hybridized carbons (Fsp3) is 0.312. The Morgan fingerprint density at radius 1 is 1.35 bits per heavy atom. The summed E-state index contributed by atoms with van der Waals surface area (Å²) in [5.74, 6) is 1.34. The largest absolute Gasteiger partial charge is 0.460 e. The van der Waals surface area contributed by atoms with Crippen LogP contribution in [0.4, 0.5) is 11.4 Å². The number of nitro benzene ring substituents is 1. The molecule has 23 heavy (non-hydrogen) atoms. The van der Waals surface area contributed by atoms with Crippen LogP contribution in [0.2, 0.25) is 0 Å². The van der Waals surface area contributed by atoms with Gasteiger partial charge >= 0.3 is 0 Å². The van der Waals surface area contributed by atoms with Crippen LogP contribution in [0.15, 0.2) is 40.8 Å². The standard InChI is InChI=1S/C16H19N3O4/c1-11-8-9-13(23-11)10-18(3)12(2)16(20)17-14-6-4-5-7-15(14)19(21)22/h4-9,12H,10H2,1-3H3,(H,17,20)/p+1/t12-/m1/s1. The van der Waals surface area contributed by atoms with Crippen molar-refractivity contribution in [3.8, 4) is 0 Å². The molecule has 0 aliphatic heterocycles. The number of carbonyl (C=O) groups excluding carboxylic acids is 1. The number of likely N-dealkylation sites (N-methyl/N-ethyl adjacent to an activating group) is 1. The van der Waals surface area contributed by atoms with Crippen molar-refractivity contribution in [3.05, 3.63) is 58.0 Å². The molecule has 2 rings (SSSR count). The summed E-state index contributed by atoms with van der Waals surface area (Å²) >= 11 is 0. The van der Waals surface area contributed by atoms with Gasteiger partial charge in [-0.3, -0.25) is 14.9 Å². The number of hydrogen-bond acceptors (Lipinski definition) is 4. The molecule has 1 aromatic heterocycles. The van der Waals surface area contributed by atoms with E-state index in [1.54, 1.807) is 19.1 Å². The summed E-state index contributed by atoms with van der Waals surface area (Å²) in [6.07, 6.45) is 0. The smallest absolute Gasteiger partial charge is 0.292 e. The maximum Gasteiger partial charge on any atom is 0.292 e. The molecule has 1 aromatic carbocycles. The maximum absolute atomic E-state index is 12.3. The molecule has 0 radical (unpaired) electrons. The molecule has 0 saturated carbocycles. The van der Waals surface area contributed by atoms with Crippen LogP contribution >= 0.6 is 0 Å². The van der Waals surface area contributed by atoms with E-state index in [0.717, 1.165) is 16.4 Å². The van der Waals surface area contributed by atoms with E-state index in [9.17, 15) is 14.9 Å². The van der Waals surface area contributed by atoms with Gasteiger partial charge in [0.1, 0.15) is 18.0 Å². The Bertz CT molecular complexity index is 711. The lowest BCUT2D eigenvalue weighted by atomic mass is 10.2. The van der Waals surface area contributed by atoms with Crippen molar-refractivity contribution in [3.63, 3.8) is 0 Å². The van der Waals surface area contributed by atoms with Crippen molar-refractivity contribution in [2.24, 2.45) is 0 Å². The van der Waals surface area contributed by atoms with Crippen LogP contribution < -0.4 is 10.2 Å². The molecular weight excluding hydrogens is 298 g/mol. The second-order valence-corrected chi connectivity index (χ2v) is 5.52. The number of nitro groups is 1. The van der Waals surface area contributed by atoms with Gasteiger partial charge in [-0.15, -0.1) is 0 Å². The SMILES string of the molecule is Cc1ccc(C[NH+](C)[C@H](C)C(=O)Nc2ccccc2[N+](=O)[O-])o1. The molecule has 122 valence electrons. The lowest BCUT2D eigenvalue weighted by molar-refractivity contribution is -0.908. The zero-order chi connectivity index (χ0) is 17.0. The predicted octanol–water partition coefficient (Wildman–Crippen LogP) is 1.54. The normalized spacial score (nSPS) is 13.3. The number of quaternary nitrogens is 1. The van der Waals surface area contributed by atoms with Crippen LogP contribution in [0, 0.1) is 17.0 Å². The van der Waals surface area contributed by atoms with Gasteiger partial charge in [-0.25, -0.2) is 0 Å². The van der Waals surface area contributed by atoms with Crippen LogP contribution in [0.5, 0.6) is 0 Å². The molecule has 0 aliphatic rings. The average Bonchev–Trinajstić information content (AvgIpc) is 2.91. The van der Waals surface area contributed by atoms with Gasteiger partial charge in [-0.05, 0) is 32.0 Å². The van der Waals surface area contributed by atoms with Crippen molar-refractivity contribution in [1.82, 2.24) is 0 Å². The highest BCUT2D eigenvalue weighted by Gasteiger charge is 2.25. The molecule has 1 amide bonds. The topological polar surface area (TPSA) is 89.8 Å². The van der Waals surface area contributed by atoms with E-state index in [1.165, 1.54) is 12.1 Å². The Morgan fingerprint density at radius 3 is 2.65 bits per heavy atom. The summed E-state index contributed by atoms with van der Waals surface area (Å²) in [4.78, 5) is 23.7. The van der Waals surface area contributed by atoms with Crippen molar-refractivity contribution in [1.29, 1.82) is 0 Å². The van der Waals surface area contributed by atoms with Crippen molar-refractivity contribution < 1.29 is 19.0 Å². The molecule has 0 fully saturated rings. The summed E-state index contributed by atoms with van der Waals surface area (Å²) in [6.45, 7) is 4.19. The minimum Gasteiger partial charge on any atom is -0.460 e. The molecule has 2 aromatic rings. The van der Waals surface area contributed by atoms with Crippen molar-refractivity contribution in [2.45, 2.75) is 26.4 Å². The number of nitrogens with one attached hydrogen (secondary N) is 2. The zero-order valence-corrected chi connectivity index (χ0v) is 13.3. The highest BCUT2D eigenvalue weighted by atomic mass is 16.6. The fourth-order valence-corrected chi connectivity index (χ4v) is 2.21. The number of aryl methyl sites for hydroxylation is 1. The van der Waals surface area contributed by atoms with Crippen LogP contribution in [0.1, 0.15) is 18.4 Å². The van der Waals surface area contributed by atoms with Gasteiger partial charge in [0.05, 0.1) is 12.0 Å². The van der Waals surface area contributed by atoms with Gasteiger partial charge in [-0.1, -0.05) is 12.1 Å². The number of amides is 1. The number of benzene rings is 1. The lowest BCUT2D eigenvalue weighted by Gasteiger charge is -2.20. The van der Waals surface area contributed by atoms with Gasteiger partial charge < -0.3 is 14.6 Å². The van der Waals surface area contributed by atoms with Crippen molar-refractivity contribution >= 4 is 17.3 Å². The first-order valence-corrected chi connectivity index (χ1v) is 7.30. The maximum atomic E-state index is 12.3. The van der Waals surface area contributed by atoms with E-state index >= 15 is 0 Å². The summed E-state index contributed by atoms with van der Waals surface area (Å²) < 4.78 is 5.51. The molecule has 1 heterocycles. The Balaban J connectivity index is 2.03. The molecule has 1 unspecified atom stereocenters. The van der Waals surface area contributed by atoms with Gasteiger partial charge in [0.15, 0.2) is 11.8 Å². The third kappa shape index (κ3) is 4.17. The molecule has 2 N–H and O–H groups in total. The molecule has 7 heteroatoms. The number of para-hydroxylation sites is 2. The minimum absolute atomic E-state index is 0.118. The Kier molecular flexibility index (Phi) is 5.13. The van der Waals surface area contributed by atoms with Gasteiger partial charge in [0.25, 0.3) is 11.6 Å². The average molecular weight is 318 g/mol. The van der Waals surface area contributed by atoms with Gasteiger partial charge in [-0.2, -0.15) is 0 Å². The van der Waals surface area contributed by atoms with Crippen molar-refractivity contribution in [2.75, 3.05) is 12.4 Å². The van der Waals surface area contributed by atoms with Gasteiger partial charge in [0, 0.05) is 6.07 Å². The molecule has 0 saturated heterocycles. The highest BCUT2D eigenvalue weighted by molar-refractivity contribution is 5.95. The summed E-state index contributed by atoms with van der Waals surface area (Å²) in [5, 5.41) is 13.6. The third-order valence-electron chi connectivity index (χ3n) is 3.74. The highest BCUT2D eigenvalue weighted by Crippen LogP contribution is 2.23. The summed E-state index contributed by atoms with van der Waals surface area (Å²) in [6, 6.07) is 9.46. The third-order valence-corrected chi connectivity index (χ3v) is 3.74. The minimum atomic E-state index is -0.511. The van der Waals surface area contributed by atoms with E-state index < -0.39 is 4.92 Å². The van der Waals surface area contributed by atoms with Crippen LogP contribution in [0.25, 0.3) is 0 Å². The Labute approximate surface area is 134 Å². The summed E-state index contributed by atoms with van der Waals surface area (Å²) in [7, 11) is 1.88.